The number of carbonyl (C=O) groups is 3. The van der Waals surface area contributed by atoms with Crippen molar-refractivity contribution in [2.45, 2.75) is 63.8 Å². The minimum atomic E-state index is -0.963. The number of hydrogen-bond donors (Lipinski definition) is 2. The van der Waals surface area contributed by atoms with Crippen molar-refractivity contribution < 1.29 is 28.6 Å². The van der Waals surface area contributed by atoms with Crippen LogP contribution in [0, 0.1) is 0 Å². The van der Waals surface area contributed by atoms with Gasteiger partial charge in [0.2, 0.25) is 18.2 Å². The average molecular weight is 409 g/mol. The van der Waals surface area contributed by atoms with Gasteiger partial charge in [-0.3, -0.25) is 14.5 Å². The van der Waals surface area contributed by atoms with Crippen molar-refractivity contribution in [1.29, 1.82) is 0 Å². The Morgan fingerprint density at radius 2 is 2.17 bits per heavy atom. The van der Waals surface area contributed by atoms with E-state index >= 15 is 0 Å². The normalized spacial score (nSPS) is 23.7. The van der Waals surface area contributed by atoms with Crippen molar-refractivity contribution in [2.75, 3.05) is 19.6 Å². The number of nitrogens with one attached hydrogen (secondary N) is 1. The van der Waals surface area contributed by atoms with Crippen LogP contribution < -0.4 is 5.32 Å². The van der Waals surface area contributed by atoms with Gasteiger partial charge in [0.15, 0.2) is 0 Å². The molecule has 0 bridgehead atoms. The average Bonchev–Trinajstić information content (AvgIpc) is 3.28. The van der Waals surface area contributed by atoms with Crippen LogP contribution in [0.15, 0.2) is 10.8 Å². The first kappa shape index (κ1) is 21.0. The Morgan fingerprint density at radius 3 is 2.72 bits per heavy atom. The largest absolute Gasteiger partial charge is 0.444 e. The lowest BCUT2D eigenvalue weighted by molar-refractivity contribution is -0.162. The van der Waals surface area contributed by atoms with E-state index in [1.165, 1.54) is 16.7 Å². The molecule has 11 nitrogen and oxygen atoms in total. The van der Waals surface area contributed by atoms with E-state index in [0.29, 0.717) is 19.4 Å². The molecule has 2 aliphatic heterocycles. The highest BCUT2D eigenvalue weighted by Gasteiger charge is 2.60. The van der Waals surface area contributed by atoms with Crippen LogP contribution in [0.5, 0.6) is 0 Å². The molecule has 3 atom stereocenters. The third kappa shape index (κ3) is 4.19. The molecular weight excluding hydrogens is 382 g/mol. The van der Waals surface area contributed by atoms with Gasteiger partial charge in [-0.25, -0.2) is 4.79 Å². The Bertz CT molecular complexity index is 774. The summed E-state index contributed by atoms with van der Waals surface area (Å²) in [4.78, 5) is 40.6. The molecule has 11 heteroatoms. The number of aromatic nitrogens is 2. The number of carbonyl (C=O) groups excluding carboxylic acids is 3. The van der Waals surface area contributed by atoms with Crippen LogP contribution in [-0.4, -0.2) is 79.9 Å². The first-order chi connectivity index (χ1) is 13.5. The highest BCUT2D eigenvalue weighted by atomic mass is 16.6. The van der Waals surface area contributed by atoms with Crippen LogP contribution in [0.25, 0.3) is 0 Å². The van der Waals surface area contributed by atoms with E-state index in [1.807, 2.05) is 0 Å². The van der Waals surface area contributed by atoms with Gasteiger partial charge >= 0.3 is 6.09 Å². The Morgan fingerprint density at radius 1 is 1.45 bits per heavy atom. The fourth-order valence-corrected chi connectivity index (χ4v) is 3.73. The van der Waals surface area contributed by atoms with Crippen molar-refractivity contribution in [2.24, 2.45) is 0 Å². The predicted octanol–water partition coefficient (Wildman–Crippen LogP) is 0.220. The fourth-order valence-electron chi connectivity index (χ4n) is 3.73. The molecule has 160 valence electrons. The number of aliphatic hydroxyl groups excluding tert-OH is 1. The van der Waals surface area contributed by atoms with E-state index < -0.39 is 35.3 Å². The van der Waals surface area contributed by atoms with E-state index in [2.05, 4.69) is 15.5 Å². The molecule has 2 saturated heterocycles. The number of likely N-dealkylation sites (tertiary alicyclic amines) is 2. The summed E-state index contributed by atoms with van der Waals surface area (Å²) in [6, 6.07) is -0.875. The number of ether oxygens (including phenoxy) is 1. The van der Waals surface area contributed by atoms with Gasteiger partial charge in [0.05, 0.1) is 19.2 Å². The molecule has 2 aliphatic rings. The molecule has 3 rings (SSSR count). The van der Waals surface area contributed by atoms with Crippen LogP contribution in [0.4, 0.5) is 4.79 Å². The zero-order chi connectivity index (χ0) is 21.4. The molecule has 3 heterocycles. The van der Waals surface area contributed by atoms with Crippen LogP contribution in [-0.2, 0) is 14.3 Å². The summed E-state index contributed by atoms with van der Waals surface area (Å²) < 4.78 is 10.5. The van der Waals surface area contributed by atoms with Crippen molar-refractivity contribution in [3.8, 4) is 0 Å². The van der Waals surface area contributed by atoms with Gasteiger partial charge in [0.1, 0.15) is 17.2 Å². The van der Waals surface area contributed by atoms with Gasteiger partial charge in [0.25, 0.3) is 5.91 Å². The Hall–Kier alpha value is -2.69. The molecule has 0 saturated carbocycles. The maximum atomic E-state index is 12.9. The summed E-state index contributed by atoms with van der Waals surface area (Å²) >= 11 is 0. The smallest absolute Gasteiger partial charge is 0.411 e. The number of amides is 3. The number of hydrogen-bond acceptors (Lipinski definition) is 8. The Balaban J connectivity index is 1.60. The maximum absolute atomic E-state index is 12.9. The lowest BCUT2D eigenvalue weighted by atomic mass is 9.85. The Labute approximate surface area is 168 Å². The highest BCUT2D eigenvalue weighted by molar-refractivity contribution is 5.98. The molecule has 0 radical (unpaired) electrons. The molecule has 0 aromatic carbocycles. The molecule has 1 aromatic heterocycles. The van der Waals surface area contributed by atoms with Crippen LogP contribution in [0.2, 0.25) is 0 Å². The zero-order valence-electron chi connectivity index (χ0n) is 17.0. The third-order valence-corrected chi connectivity index (χ3v) is 5.02. The lowest BCUT2D eigenvalue weighted by Crippen LogP contribution is -2.73. The van der Waals surface area contributed by atoms with Crippen molar-refractivity contribution >= 4 is 17.9 Å². The molecule has 2 N–H and O–H groups in total. The Kier molecular flexibility index (Phi) is 5.52. The summed E-state index contributed by atoms with van der Waals surface area (Å²) in [5.41, 5.74) is -1.59. The van der Waals surface area contributed by atoms with Crippen LogP contribution in [0.3, 0.4) is 0 Å². The summed E-state index contributed by atoms with van der Waals surface area (Å²) in [5, 5.41) is 19.7. The molecule has 3 amide bonds. The SMILES string of the molecule is C[C@@H](O)[C@H](NC(=O)CN1CC2(CCCN2C(=O)OC(C)(C)C)C1=O)c1nnco1. The van der Waals surface area contributed by atoms with Gasteiger partial charge in [-0.2, -0.15) is 0 Å². The number of aliphatic hydroxyl groups is 1. The van der Waals surface area contributed by atoms with Crippen LogP contribution >= 0.6 is 0 Å². The summed E-state index contributed by atoms with van der Waals surface area (Å²) in [6.45, 7) is 7.31. The molecule has 0 aliphatic carbocycles. The molecular formula is C18H27N5O6. The number of β-lactam (4-membered cyclic amide) rings is 1. The zero-order valence-corrected chi connectivity index (χ0v) is 17.0. The molecule has 2 fully saturated rings. The van der Waals surface area contributed by atoms with Crippen molar-refractivity contribution in [1.82, 2.24) is 25.3 Å². The summed E-state index contributed by atoms with van der Waals surface area (Å²) in [5.74, 6) is -0.673. The van der Waals surface area contributed by atoms with E-state index in [4.69, 9.17) is 9.15 Å². The second kappa shape index (κ2) is 7.62. The quantitative estimate of drug-likeness (QED) is 0.659. The minimum Gasteiger partial charge on any atom is -0.444 e. The number of nitrogens with zero attached hydrogens (tertiary/aromatic N) is 4. The third-order valence-electron chi connectivity index (χ3n) is 5.02. The first-order valence-electron chi connectivity index (χ1n) is 9.57. The minimum absolute atomic E-state index is 0.0756. The van der Waals surface area contributed by atoms with Crippen molar-refractivity contribution in [3.63, 3.8) is 0 Å². The lowest BCUT2D eigenvalue weighted by Gasteiger charge is -2.50. The van der Waals surface area contributed by atoms with E-state index in [0.717, 1.165) is 6.39 Å². The second-order valence-corrected chi connectivity index (χ2v) is 8.49. The monoisotopic (exact) mass is 409 g/mol. The van der Waals surface area contributed by atoms with E-state index in [-0.39, 0.29) is 24.9 Å². The predicted molar refractivity (Wildman–Crippen MR) is 98.3 cm³/mol. The summed E-state index contributed by atoms with van der Waals surface area (Å²) in [7, 11) is 0. The van der Waals surface area contributed by atoms with E-state index in [9.17, 15) is 19.5 Å². The van der Waals surface area contributed by atoms with Gasteiger partial charge in [-0.05, 0) is 40.5 Å². The molecule has 1 aromatic rings. The highest BCUT2D eigenvalue weighted by Crippen LogP contribution is 2.39. The van der Waals surface area contributed by atoms with Gasteiger partial charge in [-0.1, -0.05) is 0 Å². The van der Waals surface area contributed by atoms with E-state index in [1.54, 1.807) is 20.8 Å². The van der Waals surface area contributed by atoms with Crippen LogP contribution in [0.1, 0.15) is 52.5 Å². The topological polar surface area (TPSA) is 138 Å². The van der Waals surface area contributed by atoms with Gasteiger partial charge in [0, 0.05) is 6.54 Å². The molecule has 1 spiro atoms. The van der Waals surface area contributed by atoms with Gasteiger partial charge < -0.3 is 24.5 Å². The van der Waals surface area contributed by atoms with Crippen molar-refractivity contribution in [3.05, 3.63) is 12.3 Å². The summed E-state index contributed by atoms with van der Waals surface area (Å²) in [6.07, 6.45) is 0.868. The molecule has 29 heavy (non-hydrogen) atoms. The maximum Gasteiger partial charge on any atom is 0.411 e. The second-order valence-electron chi connectivity index (χ2n) is 8.49. The molecule has 1 unspecified atom stereocenters. The number of rotatable bonds is 5. The fraction of sp³-hybridized carbons (Fsp3) is 0.722. The van der Waals surface area contributed by atoms with Gasteiger partial charge in [-0.15, -0.1) is 10.2 Å². The first-order valence-corrected chi connectivity index (χ1v) is 9.57. The standard InChI is InChI=1S/C18H27N5O6/c1-11(24)13(14-21-19-10-28-14)20-12(25)8-22-9-18(15(22)26)6-5-7-23(18)16(27)29-17(2,3)4/h10-11,13,24H,5-9H2,1-4H3,(H,20,25)/t11-,13+,18?/m1/s1.